The molecule has 2 aromatic rings. The van der Waals surface area contributed by atoms with Gasteiger partial charge in [-0.15, -0.1) is 0 Å². The first-order valence-corrected chi connectivity index (χ1v) is 9.67. The van der Waals surface area contributed by atoms with Gasteiger partial charge >= 0.3 is 0 Å². The summed E-state index contributed by atoms with van der Waals surface area (Å²) < 4.78 is 97.8. The fraction of sp³-hybridized carbons (Fsp3) is 0. The third-order valence-corrected chi connectivity index (χ3v) is 5.30. The summed E-state index contributed by atoms with van der Waals surface area (Å²) >= 11 is 0. The maximum absolute atomic E-state index is 11.3. The first-order valence-electron chi connectivity index (χ1n) is 5.41. The van der Waals surface area contributed by atoms with E-state index < -0.39 is 61.6 Å². The van der Waals surface area contributed by atoms with E-state index in [1.54, 1.807) is 0 Å². The highest BCUT2D eigenvalue weighted by Crippen LogP contribution is 2.35. The number of phenolic OH excluding ortho intramolecular Hbond substituents is 1. The Morgan fingerprint density at radius 2 is 1.22 bits per heavy atom. The molecule has 2 rings (SSSR count). The Balaban J connectivity index is 3.12. The van der Waals surface area contributed by atoms with E-state index in [9.17, 15) is 39.5 Å². The van der Waals surface area contributed by atoms with Crippen molar-refractivity contribution in [1.82, 2.24) is 0 Å². The third kappa shape index (κ3) is 3.44. The normalized spacial score (nSPS) is 13.3. The summed E-state index contributed by atoms with van der Waals surface area (Å²) in [5, 5.41) is 8.55. The van der Waals surface area contributed by atoms with Gasteiger partial charge in [0.2, 0.25) is 0 Å². The van der Waals surface area contributed by atoms with Crippen LogP contribution in [-0.4, -0.2) is 44.0 Å². The summed E-state index contributed by atoms with van der Waals surface area (Å²) in [4.78, 5) is -3.21. The molecule has 0 aliphatic carbocycles. The van der Waals surface area contributed by atoms with Crippen molar-refractivity contribution < 1.29 is 44.0 Å². The Labute approximate surface area is 130 Å². The van der Waals surface area contributed by atoms with Crippen LogP contribution in [0.2, 0.25) is 0 Å². The number of hydrogen-bond donors (Lipinski definition) is 2. The van der Waals surface area contributed by atoms with E-state index in [2.05, 4.69) is 0 Å². The molecule has 0 heterocycles. The molecule has 0 aromatic heterocycles. The molecular weight excluding hydrogens is 376 g/mol. The van der Waals surface area contributed by atoms with Crippen LogP contribution < -0.4 is 0 Å². The molecule has 23 heavy (non-hydrogen) atoms. The standard InChI is InChI=1S/C10H8O10S3/c11-8-3-6(21(12,13)14)1-5-2-7(22(15,16)17)4-9(10(5)8)23(18,19)20/h1-4,11H,(H,12,13,14)(H,15,16,17)(H,18,19,20)/p-2. The van der Waals surface area contributed by atoms with Crippen molar-refractivity contribution in [2.45, 2.75) is 14.7 Å². The van der Waals surface area contributed by atoms with Gasteiger partial charge in [0.05, 0.1) is 9.79 Å². The number of benzene rings is 2. The smallest absolute Gasteiger partial charge is 0.295 e. The van der Waals surface area contributed by atoms with E-state index >= 15 is 0 Å². The lowest BCUT2D eigenvalue weighted by Crippen LogP contribution is -2.05. The highest BCUT2D eigenvalue weighted by atomic mass is 32.2. The average Bonchev–Trinajstić information content (AvgIpc) is 2.33. The highest BCUT2D eigenvalue weighted by molar-refractivity contribution is 7.87. The Morgan fingerprint density at radius 3 is 1.61 bits per heavy atom. The molecule has 0 amide bonds. The molecule has 2 N–H and O–H groups in total. The molecule has 0 radical (unpaired) electrons. The average molecular weight is 382 g/mol. The summed E-state index contributed by atoms with van der Waals surface area (Å²) in [7, 11) is -15.3. The van der Waals surface area contributed by atoms with E-state index in [-0.39, 0.29) is 0 Å². The predicted octanol–water partition coefficient (Wildman–Crippen LogP) is -0.400. The molecule has 0 spiro atoms. The second-order valence-electron chi connectivity index (χ2n) is 4.35. The first kappa shape index (κ1) is 17.6. The monoisotopic (exact) mass is 382 g/mol. The Bertz CT molecular complexity index is 1120. The van der Waals surface area contributed by atoms with Gasteiger partial charge in [-0.05, 0) is 29.7 Å². The number of rotatable bonds is 3. The van der Waals surface area contributed by atoms with Crippen molar-refractivity contribution in [3.05, 3.63) is 24.3 Å². The van der Waals surface area contributed by atoms with Crippen LogP contribution in [0.3, 0.4) is 0 Å². The number of aromatic hydroxyl groups is 1. The molecule has 126 valence electrons. The van der Waals surface area contributed by atoms with Gasteiger partial charge in [0, 0.05) is 5.39 Å². The van der Waals surface area contributed by atoms with E-state index in [1.807, 2.05) is 0 Å². The Morgan fingerprint density at radius 1 is 0.783 bits per heavy atom. The summed E-state index contributed by atoms with van der Waals surface area (Å²) in [5.41, 5.74) is 0. The summed E-state index contributed by atoms with van der Waals surface area (Å²) in [6, 6.07) is 1.89. The van der Waals surface area contributed by atoms with Gasteiger partial charge in [-0.25, -0.2) is 16.8 Å². The Hall–Kier alpha value is -1.77. The van der Waals surface area contributed by atoms with Gasteiger partial charge in [-0.2, -0.15) is 8.42 Å². The molecular formula is C10H6O10S3-2. The van der Waals surface area contributed by atoms with Crippen LogP contribution in [0.1, 0.15) is 0 Å². The minimum Gasteiger partial charge on any atom is -0.744 e. The molecule has 0 fully saturated rings. The number of phenols is 1. The quantitative estimate of drug-likeness (QED) is 0.660. The summed E-state index contributed by atoms with van der Waals surface area (Å²) in [6.45, 7) is 0. The molecule has 2 aromatic carbocycles. The minimum atomic E-state index is -5.17. The molecule has 0 bridgehead atoms. The zero-order valence-corrected chi connectivity index (χ0v) is 13.1. The molecule has 0 atom stereocenters. The molecule has 0 unspecified atom stereocenters. The zero-order chi connectivity index (χ0) is 17.8. The molecule has 0 saturated heterocycles. The largest absolute Gasteiger partial charge is 0.744 e. The second kappa shape index (κ2) is 5.12. The maximum Gasteiger partial charge on any atom is 0.295 e. The van der Waals surface area contributed by atoms with Crippen molar-refractivity contribution in [2.75, 3.05) is 0 Å². The lowest BCUT2D eigenvalue weighted by molar-refractivity contribution is 0.457. The second-order valence-corrected chi connectivity index (χ2v) is 8.49. The van der Waals surface area contributed by atoms with E-state index in [0.717, 1.165) is 0 Å². The van der Waals surface area contributed by atoms with Gasteiger partial charge in [-0.1, -0.05) is 0 Å². The van der Waals surface area contributed by atoms with Crippen LogP contribution in [-0.2, 0) is 30.4 Å². The van der Waals surface area contributed by atoms with Crippen LogP contribution in [0, 0.1) is 0 Å². The predicted molar refractivity (Wildman–Crippen MR) is 71.4 cm³/mol. The molecule has 13 heteroatoms. The van der Waals surface area contributed by atoms with Crippen LogP contribution >= 0.6 is 0 Å². The van der Waals surface area contributed by atoms with Gasteiger partial charge < -0.3 is 14.2 Å². The van der Waals surface area contributed by atoms with Crippen molar-refractivity contribution in [2.24, 2.45) is 0 Å². The van der Waals surface area contributed by atoms with Crippen molar-refractivity contribution in [3.63, 3.8) is 0 Å². The molecule has 10 nitrogen and oxygen atoms in total. The molecule has 0 aliphatic rings. The van der Waals surface area contributed by atoms with Crippen LogP contribution in [0.4, 0.5) is 0 Å². The van der Waals surface area contributed by atoms with Crippen LogP contribution in [0.15, 0.2) is 39.0 Å². The lowest BCUT2D eigenvalue weighted by atomic mass is 10.1. The van der Waals surface area contributed by atoms with E-state index in [1.165, 1.54) is 0 Å². The van der Waals surface area contributed by atoms with Crippen LogP contribution in [0.5, 0.6) is 5.75 Å². The van der Waals surface area contributed by atoms with Crippen molar-refractivity contribution in [3.8, 4) is 5.75 Å². The Kier molecular flexibility index (Phi) is 3.91. The van der Waals surface area contributed by atoms with Gasteiger partial charge in [0.15, 0.2) is 0 Å². The van der Waals surface area contributed by atoms with Gasteiger partial charge in [-0.3, -0.25) is 4.55 Å². The molecule has 0 saturated carbocycles. The number of hydrogen-bond acceptors (Lipinski definition) is 9. The highest BCUT2D eigenvalue weighted by Gasteiger charge is 2.21. The maximum atomic E-state index is 11.3. The fourth-order valence-corrected chi connectivity index (χ4v) is 3.78. The van der Waals surface area contributed by atoms with E-state index in [0.29, 0.717) is 24.3 Å². The molecule has 0 aliphatic heterocycles. The minimum absolute atomic E-state index is 0.311. The lowest BCUT2D eigenvalue weighted by Gasteiger charge is -2.14. The first-order chi connectivity index (χ1) is 10.2. The summed E-state index contributed by atoms with van der Waals surface area (Å²) in [6.07, 6.45) is 0. The van der Waals surface area contributed by atoms with Crippen LogP contribution in [0.25, 0.3) is 10.8 Å². The van der Waals surface area contributed by atoms with Crippen molar-refractivity contribution >= 4 is 41.1 Å². The number of fused-ring (bicyclic) bond motifs is 1. The SMILES string of the molecule is O=S(=O)([O-])c1cc(O)c2c(S(=O)(=O)O)cc(S(=O)(=O)[O-])cc2c1. The topological polar surface area (TPSA) is 189 Å². The van der Waals surface area contributed by atoms with Crippen molar-refractivity contribution in [1.29, 1.82) is 0 Å². The summed E-state index contributed by atoms with van der Waals surface area (Å²) in [5.74, 6) is -1.01. The third-order valence-electron chi connectivity index (χ3n) is 2.79. The zero-order valence-electron chi connectivity index (χ0n) is 10.7. The van der Waals surface area contributed by atoms with E-state index in [4.69, 9.17) is 4.55 Å². The van der Waals surface area contributed by atoms with Gasteiger partial charge in [0.25, 0.3) is 10.1 Å². The van der Waals surface area contributed by atoms with Gasteiger partial charge in [0.1, 0.15) is 30.9 Å². The fourth-order valence-electron chi connectivity index (χ4n) is 1.89.